The van der Waals surface area contributed by atoms with E-state index in [1.807, 2.05) is 24.3 Å². The monoisotopic (exact) mass is 320 g/mol. The lowest BCUT2D eigenvalue weighted by Gasteiger charge is -2.07. The smallest absolute Gasteiger partial charge is 0.212 e. The Bertz CT molecular complexity index is 622. The molecule has 0 spiro atoms. The summed E-state index contributed by atoms with van der Waals surface area (Å²) >= 11 is 0. The fraction of sp³-hybridized carbons (Fsp3) is 0.500. The van der Waals surface area contributed by atoms with Crippen LogP contribution >= 0.6 is 0 Å². The first-order valence-corrected chi connectivity index (χ1v) is 9.86. The fourth-order valence-corrected chi connectivity index (χ4v) is 4.14. The van der Waals surface area contributed by atoms with Crippen molar-refractivity contribution in [1.82, 2.24) is 4.72 Å². The largest absolute Gasteiger partial charge is 0.330 e. The molecule has 0 saturated carbocycles. The average Bonchev–Trinajstić information content (AvgIpc) is 2.36. The maximum atomic E-state index is 11.6. The Morgan fingerprint density at radius 3 is 2.05 bits per heavy atom. The van der Waals surface area contributed by atoms with E-state index in [9.17, 15) is 16.8 Å². The minimum absolute atomic E-state index is 0.148. The van der Waals surface area contributed by atoms with Crippen LogP contribution in [0.2, 0.25) is 0 Å². The molecule has 1 rings (SSSR count). The van der Waals surface area contributed by atoms with Crippen molar-refractivity contribution in [3.63, 3.8) is 0 Å². The van der Waals surface area contributed by atoms with Gasteiger partial charge >= 0.3 is 0 Å². The van der Waals surface area contributed by atoms with E-state index in [4.69, 9.17) is 5.73 Å². The Morgan fingerprint density at radius 1 is 1.00 bits per heavy atom. The first kappa shape index (κ1) is 17.1. The zero-order valence-electron chi connectivity index (χ0n) is 11.4. The lowest BCUT2D eigenvalue weighted by atomic mass is 10.1. The molecule has 0 aromatic heterocycles. The number of hydrogen-bond donors (Lipinski definition) is 2. The third-order valence-electron chi connectivity index (χ3n) is 2.68. The van der Waals surface area contributed by atoms with Crippen LogP contribution in [0.3, 0.4) is 0 Å². The van der Waals surface area contributed by atoms with Gasteiger partial charge in [0.25, 0.3) is 0 Å². The van der Waals surface area contributed by atoms with E-state index in [1.165, 1.54) is 0 Å². The summed E-state index contributed by atoms with van der Waals surface area (Å²) in [6, 6.07) is 7.44. The van der Waals surface area contributed by atoms with Crippen LogP contribution in [0.1, 0.15) is 11.1 Å². The van der Waals surface area contributed by atoms with Gasteiger partial charge in [0.05, 0.1) is 11.5 Å². The molecule has 0 radical (unpaired) electrons. The van der Waals surface area contributed by atoms with E-state index in [0.29, 0.717) is 6.54 Å². The Kier molecular flexibility index (Phi) is 6.12. The molecule has 0 unspecified atom stereocenters. The summed E-state index contributed by atoms with van der Waals surface area (Å²) in [7, 11) is -6.87. The lowest BCUT2D eigenvalue weighted by molar-refractivity contribution is 0.579. The van der Waals surface area contributed by atoms with Gasteiger partial charge in [-0.15, -0.1) is 0 Å². The van der Waals surface area contributed by atoms with Crippen molar-refractivity contribution in [3.05, 3.63) is 35.4 Å². The summed E-state index contributed by atoms with van der Waals surface area (Å²) in [5.74, 6) is -0.797. The molecule has 8 heteroatoms. The van der Waals surface area contributed by atoms with Crippen LogP contribution in [0.15, 0.2) is 24.3 Å². The van der Waals surface area contributed by atoms with Crippen LogP contribution in [-0.2, 0) is 32.8 Å². The summed E-state index contributed by atoms with van der Waals surface area (Å²) in [6.07, 6.45) is 1.79. The maximum absolute atomic E-state index is 11.6. The molecule has 0 aliphatic heterocycles. The van der Waals surface area contributed by atoms with Crippen molar-refractivity contribution in [2.24, 2.45) is 5.73 Å². The minimum atomic E-state index is -3.58. The van der Waals surface area contributed by atoms with E-state index in [-0.39, 0.29) is 12.3 Å². The molecule has 114 valence electrons. The molecule has 20 heavy (non-hydrogen) atoms. The summed E-state index contributed by atoms with van der Waals surface area (Å²) in [6.45, 7) is 0.715. The molecule has 0 bridgehead atoms. The van der Waals surface area contributed by atoms with E-state index in [1.54, 1.807) is 0 Å². The molecule has 3 N–H and O–H groups in total. The van der Waals surface area contributed by atoms with Gasteiger partial charge in [0.1, 0.15) is 9.84 Å². The predicted octanol–water partition coefficient (Wildman–Crippen LogP) is -0.348. The molecule has 6 nitrogen and oxygen atoms in total. The van der Waals surface area contributed by atoms with Crippen LogP contribution in [0.4, 0.5) is 0 Å². The van der Waals surface area contributed by atoms with E-state index in [0.717, 1.165) is 23.8 Å². The van der Waals surface area contributed by atoms with Crippen molar-refractivity contribution in [2.45, 2.75) is 13.0 Å². The van der Waals surface area contributed by atoms with Crippen molar-refractivity contribution >= 4 is 19.9 Å². The van der Waals surface area contributed by atoms with Gasteiger partial charge in [0.15, 0.2) is 0 Å². The Balaban J connectivity index is 2.53. The molecule has 0 aliphatic rings. The van der Waals surface area contributed by atoms with Gasteiger partial charge < -0.3 is 5.73 Å². The van der Waals surface area contributed by atoms with Crippen LogP contribution in [0.25, 0.3) is 0 Å². The molecule has 1 aromatic carbocycles. The standard InChI is InChI=1S/C12H20N2O4S2/c1-19(15,16)8-9-20(17,18)14-10-12-4-2-11(3-5-12)6-7-13/h2-5,14H,6-10,13H2,1H3. The number of nitrogens with two attached hydrogens (primary N) is 1. The second-order valence-electron chi connectivity index (χ2n) is 4.63. The normalized spacial score (nSPS) is 12.5. The summed E-state index contributed by atoms with van der Waals surface area (Å²) in [5.41, 5.74) is 7.35. The average molecular weight is 320 g/mol. The molecule has 0 aliphatic carbocycles. The Hall–Kier alpha value is -0.960. The predicted molar refractivity (Wildman–Crippen MR) is 79.5 cm³/mol. The van der Waals surface area contributed by atoms with Crippen LogP contribution in [-0.4, -0.2) is 41.1 Å². The highest BCUT2D eigenvalue weighted by molar-refractivity contribution is 7.93. The number of sulfonamides is 1. The second-order valence-corrected chi connectivity index (χ2v) is 8.81. The first-order valence-electron chi connectivity index (χ1n) is 6.15. The van der Waals surface area contributed by atoms with Crippen molar-refractivity contribution in [2.75, 3.05) is 24.3 Å². The van der Waals surface area contributed by atoms with Gasteiger partial charge in [-0.05, 0) is 24.1 Å². The zero-order chi connectivity index (χ0) is 15.2. The van der Waals surface area contributed by atoms with Gasteiger partial charge in [-0.25, -0.2) is 21.6 Å². The van der Waals surface area contributed by atoms with Crippen molar-refractivity contribution < 1.29 is 16.8 Å². The highest BCUT2D eigenvalue weighted by atomic mass is 32.2. The van der Waals surface area contributed by atoms with Crippen LogP contribution < -0.4 is 10.5 Å². The maximum Gasteiger partial charge on any atom is 0.212 e. The van der Waals surface area contributed by atoms with Gasteiger partial charge in [0, 0.05) is 12.8 Å². The molecular weight excluding hydrogens is 300 g/mol. The fourth-order valence-electron chi connectivity index (χ4n) is 1.52. The number of sulfone groups is 1. The number of benzene rings is 1. The van der Waals surface area contributed by atoms with Gasteiger partial charge in [-0.2, -0.15) is 0 Å². The van der Waals surface area contributed by atoms with Gasteiger partial charge in [-0.1, -0.05) is 24.3 Å². The molecular formula is C12H20N2O4S2. The molecule has 0 fully saturated rings. The molecule has 0 amide bonds. The Morgan fingerprint density at radius 2 is 1.55 bits per heavy atom. The lowest BCUT2D eigenvalue weighted by Crippen LogP contribution is -2.29. The number of hydrogen-bond acceptors (Lipinski definition) is 5. The first-order chi connectivity index (χ1) is 9.22. The van der Waals surface area contributed by atoms with Crippen LogP contribution in [0.5, 0.6) is 0 Å². The molecule has 0 heterocycles. The third-order valence-corrected chi connectivity index (χ3v) is 5.20. The Labute approximate surface area is 120 Å². The van der Waals surface area contributed by atoms with E-state index < -0.39 is 25.6 Å². The summed E-state index contributed by atoms with van der Waals surface area (Å²) < 4.78 is 47.5. The van der Waals surface area contributed by atoms with Crippen molar-refractivity contribution in [1.29, 1.82) is 0 Å². The van der Waals surface area contributed by atoms with Gasteiger partial charge in [0.2, 0.25) is 10.0 Å². The molecule has 0 atom stereocenters. The van der Waals surface area contributed by atoms with Crippen LogP contribution in [0, 0.1) is 0 Å². The SMILES string of the molecule is CS(=O)(=O)CCS(=O)(=O)NCc1ccc(CCN)cc1. The number of nitrogens with one attached hydrogen (secondary N) is 1. The highest BCUT2D eigenvalue weighted by Crippen LogP contribution is 2.05. The third kappa shape index (κ3) is 6.99. The second kappa shape index (κ2) is 7.16. The molecule has 0 saturated heterocycles. The number of rotatable bonds is 8. The zero-order valence-corrected chi connectivity index (χ0v) is 13.0. The van der Waals surface area contributed by atoms with Gasteiger partial charge in [-0.3, -0.25) is 0 Å². The summed E-state index contributed by atoms with van der Waals surface area (Å²) in [4.78, 5) is 0. The summed E-state index contributed by atoms with van der Waals surface area (Å²) in [5, 5.41) is 0. The highest BCUT2D eigenvalue weighted by Gasteiger charge is 2.13. The van der Waals surface area contributed by atoms with E-state index in [2.05, 4.69) is 4.72 Å². The van der Waals surface area contributed by atoms with Crippen molar-refractivity contribution in [3.8, 4) is 0 Å². The topological polar surface area (TPSA) is 106 Å². The minimum Gasteiger partial charge on any atom is -0.330 e. The quantitative estimate of drug-likeness (QED) is 0.681. The van der Waals surface area contributed by atoms with E-state index >= 15 is 0 Å². The molecule has 1 aromatic rings.